The molecule has 0 fully saturated rings. The lowest BCUT2D eigenvalue weighted by atomic mass is 10.1. The maximum absolute atomic E-state index is 12.9. The van der Waals surface area contributed by atoms with Crippen molar-refractivity contribution in [3.63, 3.8) is 0 Å². The minimum atomic E-state index is -1.27. The van der Waals surface area contributed by atoms with Crippen molar-refractivity contribution < 1.29 is 23.0 Å². The number of hydrogen-bond acceptors (Lipinski definition) is 5. The molecule has 0 bridgehead atoms. The number of rotatable bonds is 8. The van der Waals surface area contributed by atoms with Gasteiger partial charge in [0, 0.05) is 37.2 Å². The van der Waals surface area contributed by atoms with Crippen LogP contribution in [0.1, 0.15) is 6.42 Å². The summed E-state index contributed by atoms with van der Waals surface area (Å²) in [7, 11) is 1.73. The molecule has 1 N–H and O–H groups in total. The Bertz CT molecular complexity index is 934. The second kappa shape index (κ2) is 9.63. The van der Waals surface area contributed by atoms with Gasteiger partial charge in [-0.1, -0.05) is 0 Å². The van der Waals surface area contributed by atoms with Crippen LogP contribution in [0.15, 0.2) is 72.1 Å². The smallest absolute Gasteiger partial charge is 0.253 e. The Morgan fingerprint density at radius 3 is 2.76 bits per heavy atom. The van der Waals surface area contributed by atoms with Gasteiger partial charge in [0.2, 0.25) is 0 Å². The maximum Gasteiger partial charge on any atom is 0.253 e. The molecule has 2 heterocycles. The van der Waals surface area contributed by atoms with Gasteiger partial charge >= 0.3 is 0 Å². The summed E-state index contributed by atoms with van der Waals surface area (Å²) in [5.74, 6) is 0.929. The van der Waals surface area contributed by atoms with Gasteiger partial charge in [-0.2, -0.15) is 5.10 Å². The van der Waals surface area contributed by atoms with Crippen LogP contribution in [-0.2, 0) is 16.6 Å². The van der Waals surface area contributed by atoms with Gasteiger partial charge in [-0.3, -0.25) is 14.5 Å². The van der Waals surface area contributed by atoms with E-state index < -0.39 is 25.4 Å². The molecule has 0 unspecified atom stereocenters. The quantitative estimate of drug-likeness (QED) is 0.733. The Hall–Kier alpha value is -3.49. The molecule has 0 saturated heterocycles. The highest BCUT2D eigenvalue weighted by Gasteiger charge is 2.18. The van der Waals surface area contributed by atoms with Gasteiger partial charge < -0.3 is 14.8 Å². The van der Waals surface area contributed by atoms with Crippen molar-refractivity contribution in [1.29, 1.82) is 0 Å². The fourth-order valence-corrected chi connectivity index (χ4v) is 2.50. The standard InChI is InChI=1S/C20H20F2N4O3/c1-26-8-6-19(25-26)24-20(27)14-4-5-15(28-16-3-2-7-23-13-16)10-17(9-14)29-18(11-21)12-22/h2-3,5-10,13,18H,4,11-12H2,1H3,(H,24,25,27). The summed E-state index contributed by atoms with van der Waals surface area (Å²) in [5.41, 5.74) is 0.322. The van der Waals surface area contributed by atoms with Gasteiger partial charge in [-0.15, -0.1) is 0 Å². The van der Waals surface area contributed by atoms with Crippen LogP contribution in [0.3, 0.4) is 0 Å². The van der Waals surface area contributed by atoms with Crippen molar-refractivity contribution >= 4 is 11.7 Å². The van der Waals surface area contributed by atoms with Gasteiger partial charge in [0.25, 0.3) is 5.91 Å². The van der Waals surface area contributed by atoms with Gasteiger partial charge in [-0.05, 0) is 30.7 Å². The van der Waals surface area contributed by atoms with E-state index in [0.717, 1.165) is 0 Å². The molecule has 0 spiro atoms. The third-order valence-electron chi connectivity index (χ3n) is 3.89. The molecule has 1 aliphatic rings. The number of allylic oxidation sites excluding steroid dienone is 3. The molecule has 0 saturated carbocycles. The molecule has 0 radical (unpaired) electrons. The predicted octanol–water partition coefficient (Wildman–Crippen LogP) is 3.25. The van der Waals surface area contributed by atoms with E-state index in [2.05, 4.69) is 15.4 Å². The van der Waals surface area contributed by atoms with Gasteiger partial charge in [0.1, 0.15) is 30.6 Å². The number of alkyl halides is 2. The number of aryl methyl sites for hydroxylation is 1. The van der Waals surface area contributed by atoms with Crippen molar-refractivity contribution in [2.24, 2.45) is 7.05 Å². The third kappa shape index (κ3) is 5.74. The van der Waals surface area contributed by atoms with E-state index in [1.807, 2.05) is 0 Å². The lowest BCUT2D eigenvalue weighted by molar-refractivity contribution is -0.113. The summed E-state index contributed by atoms with van der Waals surface area (Å²) in [6.45, 7) is -2.00. The van der Waals surface area contributed by atoms with E-state index in [4.69, 9.17) is 9.47 Å². The molecule has 2 aromatic rings. The third-order valence-corrected chi connectivity index (χ3v) is 3.89. The molecule has 9 heteroatoms. The average Bonchev–Trinajstić information content (AvgIpc) is 3.02. The summed E-state index contributed by atoms with van der Waals surface area (Å²) in [4.78, 5) is 16.6. The molecule has 1 amide bonds. The SMILES string of the molecule is Cn1ccc(NC(=O)C2=CC(OC(CF)CF)=CC(Oc3cccnc3)=CC2)n1. The van der Waals surface area contributed by atoms with Crippen LogP contribution in [0.4, 0.5) is 14.6 Å². The number of nitrogens with one attached hydrogen (secondary N) is 1. The minimum Gasteiger partial charge on any atom is -0.485 e. The van der Waals surface area contributed by atoms with E-state index in [1.54, 1.807) is 48.4 Å². The molecular formula is C20H20F2N4O3. The van der Waals surface area contributed by atoms with Gasteiger partial charge in [0.15, 0.2) is 11.9 Å². The molecule has 3 rings (SSSR count). The molecular weight excluding hydrogens is 382 g/mol. The van der Waals surface area contributed by atoms with Crippen molar-refractivity contribution in [3.05, 3.63) is 72.1 Å². The Balaban J connectivity index is 1.82. The first kappa shape index (κ1) is 20.2. The van der Waals surface area contributed by atoms with Gasteiger partial charge in [-0.25, -0.2) is 8.78 Å². The van der Waals surface area contributed by atoms with E-state index in [-0.39, 0.29) is 12.2 Å². The number of carbonyl (C=O) groups is 1. The number of halogens is 2. The monoisotopic (exact) mass is 402 g/mol. The molecule has 2 aromatic heterocycles. The van der Waals surface area contributed by atoms with Crippen molar-refractivity contribution in [2.75, 3.05) is 18.7 Å². The second-order valence-corrected chi connectivity index (χ2v) is 6.19. The number of carbonyl (C=O) groups excluding carboxylic acids is 1. The summed E-state index contributed by atoms with van der Waals surface area (Å²) in [6, 6.07) is 5.07. The Kier molecular flexibility index (Phi) is 6.72. The first-order valence-electron chi connectivity index (χ1n) is 8.87. The van der Waals surface area contributed by atoms with Crippen LogP contribution in [0.25, 0.3) is 0 Å². The summed E-state index contributed by atoms with van der Waals surface area (Å²) < 4.78 is 38.6. The fourth-order valence-electron chi connectivity index (χ4n) is 2.50. The predicted molar refractivity (Wildman–Crippen MR) is 102 cm³/mol. The highest BCUT2D eigenvalue weighted by molar-refractivity contribution is 6.03. The number of amides is 1. The topological polar surface area (TPSA) is 78.3 Å². The van der Waals surface area contributed by atoms with Crippen molar-refractivity contribution in [2.45, 2.75) is 12.5 Å². The molecule has 1 aliphatic carbocycles. The van der Waals surface area contributed by atoms with Crippen LogP contribution >= 0.6 is 0 Å². The second-order valence-electron chi connectivity index (χ2n) is 6.19. The first-order valence-corrected chi connectivity index (χ1v) is 8.87. The summed E-state index contributed by atoms with van der Waals surface area (Å²) >= 11 is 0. The van der Waals surface area contributed by atoms with E-state index in [1.165, 1.54) is 18.3 Å². The molecule has 0 atom stereocenters. The van der Waals surface area contributed by atoms with Crippen LogP contribution in [-0.4, -0.2) is 40.1 Å². The zero-order valence-corrected chi connectivity index (χ0v) is 15.7. The lowest BCUT2D eigenvalue weighted by Crippen LogP contribution is -2.18. The van der Waals surface area contributed by atoms with Crippen LogP contribution in [0, 0.1) is 0 Å². The number of ether oxygens (including phenoxy) is 2. The number of anilines is 1. The van der Waals surface area contributed by atoms with Crippen molar-refractivity contribution in [3.8, 4) is 5.75 Å². The maximum atomic E-state index is 12.9. The Morgan fingerprint density at radius 2 is 2.10 bits per heavy atom. The van der Waals surface area contributed by atoms with Crippen molar-refractivity contribution in [1.82, 2.24) is 14.8 Å². The molecule has 152 valence electrons. The van der Waals surface area contributed by atoms with E-state index >= 15 is 0 Å². The lowest BCUT2D eigenvalue weighted by Gasteiger charge is -2.14. The molecule has 0 aliphatic heterocycles. The largest absolute Gasteiger partial charge is 0.485 e. The highest BCUT2D eigenvalue weighted by atomic mass is 19.1. The number of pyridine rings is 1. The van der Waals surface area contributed by atoms with Gasteiger partial charge in [0.05, 0.1) is 6.20 Å². The first-order chi connectivity index (χ1) is 14.1. The molecule has 29 heavy (non-hydrogen) atoms. The highest BCUT2D eigenvalue weighted by Crippen LogP contribution is 2.23. The van der Waals surface area contributed by atoms with Crippen LogP contribution in [0.2, 0.25) is 0 Å². The van der Waals surface area contributed by atoms with E-state index in [9.17, 15) is 13.6 Å². The van der Waals surface area contributed by atoms with E-state index in [0.29, 0.717) is 22.9 Å². The number of aromatic nitrogens is 3. The Morgan fingerprint density at radius 1 is 1.28 bits per heavy atom. The fraction of sp³-hybridized carbons (Fsp3) is 0.250. The Labute approximate surface area is 166 Å². The zero-order valence-electron chi connectivity index (χ0n) is 15.7. The van der Waals surface area contributed by atoms with Crippen LogP contribution in [0.5, 0.6) is 5.75 Å². The average molecular weight is 402 g/mol. The number of nitrogens with zero attached hydrogens (tertiary/aromatic N) is 3. The minimum absolute atomic E-state index is 0.115. The summed E-state index contributed by atoms with van der Waals surface area (Å²) in [5, 5.41) is 6.78. The summed E-state index contributed by atoms with van der Waals surface area (Å²) in [6.07, 6.45) is 8.36. The zero-order chi connectivity index (χ0) is 20.6. The normalized spacial score (nSPS) is 13.9. The molecule has 7 nitrogen and oxygen atoms in total. The number of hydrogen-bond donors (Lipinski definition) is 1. The molecule has 0 aromatic carbocycles. The van der Waals surface area contributed by atoms with Crippen LogP contribution < -0.4 is 10.1 Å².